The van der Waals surface area contributed by atoms with Crippen LogP contribution < -0.4 is 10.0 Å². The molecule has 0 bridgehead atoms. The molecule has 1 atom stereocenters. The number of rotatable bonds is 7. The van der Waals surface area contributed by atoms with E-state index in [1.807, 2.05) is 6.92 Å². The van der Waals surface area contributed by atoms with Gasteiger partial charge in [0, 0.05) is 37.4 Å². The van der Waals surface area contributed by atoms with Crippen molar-refractivity contribution in [1.82, 2.24) is 10.2 Å². The predicted octanol–water partition coefficient (Wildman–Crippen LogP) is 0.908. The molecule has 1 aliphatic rings. The summed E-state index contributed by atoms with van der Waals surface area (Å²) in [5, 5.41) is 2.94. The number of morpholine rings is 1. The molecule has 1 unspecified atom stereocenters. The first-order chi connectivity index (χ1) is 11.8. The van der Waals surface area contributed by atoms with Crippen LogP contribution in [0.15, 0.2) is 30.3 Å². The van der Waals surface area contributed by atoms with Crippen LogP contribution in [0.1, 0.15) is 12.5 Å². The van der Waals surface area contributed by atoms with E-state index < -0.39 is 10.0 Å². The first-order valence-electron chi connectivity index (χ1n) is 8.18. The number of ether oxygens (including phenoxy) is 1. The Morgan fingerprint density at radius 3 is 2.52 bits per heavy atom. The second-order valence-corrected chi connectivity index (χ2v) is 7.90. The average Bonchev–Trinajstić information content (AvgIpc) is 2.53. The molecule has 1 aromatic carbocycles. The zero-order valence-corrected chi connectivity index (χ0v) is 15.4. The Kier molecular flexibility index (Phi) is 6.98. The largest absolute Gasteiger partial charge is 0.379 e. The maximum Gasteiger partial charge on any atom is 0.244 e. The van der Waals surface area contributed by atoms with Gasteiger partial charge in [-0.25, -0.2) is 8.42 Å². The lowest BCUT2D eigenvalue weighted by molar-refractivity contribution is -0.117. The van der Waals surface area contributed by atoms with Crippen molar-refractivity contribution in [3.8, 4) is 0 Å². The topological polar surface area (TPSA) is 87.7 Å². The summed E-state index contributed by atoms with van der Waals surface area (Å²) < 4.78 is 30.0. The van der Waals surface area contributed by atoms with E-state index in [0.29, 0.717) is 5.69 Å². The van der Waals surface area contributed by atoms with Gasteiger partial charge in [0.2, 0.25) is 15.9 Å². The molecule has 0 radical (unpaired) electrons. The van der Waals surface area contributed by atoms with Crippen molar-refractivity contribution in [2.24, 2.45) is 0 Å². The molecule has 8 heteroatoms. The van der Waals surface area contributed by atoms with Gasteiger partial charge in [-0.1, -0.05) is 12.1 Å². The van der Waals surface area contributed by atoms with E-state index >= 15 is 0 Å². The highest BCUT2D eigenvalue weighted by Crippen LogP contribution is 2.11. The maximum absolute atomic E-state index is 12.0. The summed E-state index contributed by atoms with van der Waals surface area (Å²) in [6, 6.07) is 6.85. The number of nitrogens with one attached hydrogen (secondary N) is 2. The van der Waals surface area contributed by atoms with E-state index in [9.17, 15) is 13.2 Å². The molecule has 0 spiro atoms. The summed E-state index contributed by atoms with van der Waals surface area (Å²) in [4.78, 5) is 14.3. The second-order valence-electron chi connectivity index (χ2n) is 6.15. The van der Waals surface area contributed by atoms with Gasteiger partial charge in [0.15, 0.2) is 0 Å². The number of hydrogen-bond donors (Lipinski definition) is 2. The monoisotopic (exact) mass is 367 g/mol. The number of hydrogen-bond acceptors (Lipinski definition) is 5. The summed E-state index contributed by atoms with van der Waals surface area (Å²) in [6.45, 7) is 6.05. The van der Waals surface area contributed by atoms with Crippen LogP contribution in [0.5, 0.6) is 0 Å². The van der Waals surface area contributed by atoms with Gasteiger partial charge in [-0.2, -0.15) is 0 Å². The molecule has 7 nitrogen and oxygen atoms in total. The third-order valence-corrected chi connectivity index (χ3v) is 4.27. The molecule has 0 aromatic heterocycles. The summed E-state index contributed by atoms with van der Waals surface area (Å²) >= 11 is 0. The van der Waals surface area contributed by atoms with Crippen LogP contribution in [0.2, 0.25) is 0 Å². The van der Waals surface area contributed by atoms with Crippen molar-refractivity contribution in [3.63, 3.8) is 0 Å². The molecule has 0 aliphatic carbocycles. The van der Waals surface area contributed by atoms with E-state index in [1.54, 1.807) is 30.3 Å². The van der Waals surface area contributed by atoms with Crippen LogP contribution >= 0.6 is 0 Å². The summed E-state index contributed by atoms with van der Waals surface area (Å²) in [5.41, 5.74) is 1.30. The summed E-state index contributed by atoms with van der Waals surface area (Å²) in [6.07, 6.45) is 4.28. The average molecular weight is 367 g/mol. The lowest BCUT2D eigenvalue weighted by atomic mass is 10.2. The zero-order valence-electron chi connectivity index (χ0n) is 14.6. The van der Waals surface area contributed by atoms with Gasteiger partial charge in [-0.05, 0) is 30.7 Å². The number of amides is 1. The van der Waals surface area contributed by atoms with Crippen LogP contribution in [0.4, 0.5) is 5.69 Å². The fourth-order valence-corrected chi connectivity index (χ4v) is 3.12. The van der Waals surface area contributed by atoms with E-state index in [1.165, 1.54) is 6.08 Å². The van der Waals surface area contributed by atoms with Crippen LogP contribution in [0.3, 0.4) is 0 Å². The molecule has 2 N–H and O–H groups in total. The highest BCUT2D eigenvalue weighted by Gasteiger charge is 2.14. The van der Waals surface area contributed by atoms with Gasteiger partial charge >= 0.3 is 0 Å². The van der Waals surface area contributed by atoms with Crippen LogP contribution in [-0.4, -0.2) is 64.4 Å². The standard InChI is InChI=1S/C17H25N3O4S/c1-14(13-20-9-11-24-12-10-20)18-17(21)8-5-15-3-6-16(7-4-15)19-25(2,22)23/h3-8,14,19H,9-13H2,1-2H3,(H,18,21)/b8-5+. The van der Waals surface area contributed by atoms with E-state index in [-0.39, 0.29) is 11.9 Å². The second kappa shape index (κ2) is 8.98. The fraction of sp³-hybridized carbons (Fsp3) is 0.471. The maximum atomic E-state index is 12.0. The van der Waals surface area contributed by atoms with Gasteiger partial charge in [0.25, 0.3) is 0 Å². The van der Waals surface area contributed by atoms with Crippen molar-refractivity contribution in [2.75, 3.05) is 43.8 Å². The van der Waals surface area contributed by atoms with E-state index in [4.69, 9.17) is 4.74 Å². The molecule has 2 rings (SSSR count). The summed E-state index contributed by atoms with van der Waals surface area (Å²) in [7, 11) is -3.29. The molecule has 1 heterocycles. The van der Waals surface area contributed by atoms with E-state index in [2.05, 4.69) is 14.9 Å². The number of anilines is 1. The number of carbonyl (C=O) groups is 1. The Labute approximate surface area is 149 Å². The minimum absolute atomic E-state index is 0.0524. The number of carbonyl (C=O) groups excluding carboxylic acids is 1. The molecule has 1 saturated heterocycles. The Morgan fingerprint density at radius 2 is 1.92 bits per heavy atom. The van der Waals surface area contributed by atoms with Crippen LogP contribution in [0, 0.1) is 0 Å². The van der Waals surface area contributed by atoms with Gasteiger partial charge in [-0.3, -0.25) is 14.4 Å². The summed E-state index contributed by atoms with van der Waals surface area (Å²) in [5.74, 6) is -0.154. The third kappa shape index (κ3) is 7.68. The molecule has 138 valence electrons. The van der Waals surface area contributed by atoms with Crippen molar-refractivity contribution in [1.29, 1.82) is 0 Å². The normalized spacial score (nSPS) is 17.4. The molecule has 1 aliphatic heterocycles. The molecule has 1 fully saturated rings. The van der Waals surface area contributed by atoms with Crippen LogP contribution in [0.25, 0.3) is 6.08 Å². The Balaban J connectivity index is 1.80. The molecule has 25 heavy (non-hydrogen) atoms. The van der Waals surface area contributed by atoms with Crippen molar-refractivity contribution in [3.05, 3.63) is 35.9 Å². The fourth-order valence-electron chi connectivity index (χ4n) is 2.56. The minimum Gasteiger partial charge on any atom is -0.379 e. The van der Waals surface area contributed by atoms with Crippen molar-refractivity contribution < 1.29 is 17.9 Å². The van der Waals surface area contributed by atoms with Gasteiger partial charge < -0.3 is 10.1 Å². The first kappa shape index (κ1) is 19.4. The Hall–Kier alpha value is -1.90. The Bertz CT molecular complexity index is 695. The van der Waals surface area contributed by atoms with Crippen molar-refractivity contribution in [2.45, 2.75) is 13.0 Å². The van der Waals surface area contributed by atoms with Gasteiger partial charge in [0.05, 0.1) is 19.5 Å². The number of benzene rings is 1. The minimum atomic E-state index is -3.29. The first-order valence-corrected chi connectivity index (χ1v) is 10.1. The van der Waals surface area contributed by atoms with Gasteiger partial charge in [-0.15, -0.1) is 0 Å². The molecular weight excluding hydrogens is 342 g/mol. The molecule has 0 saturated carbocycles. The third-order valence-electron chi connectivity index (χ3n) is 3.67. The highest BCUT2D eigenvalue weighted by molar-refractivity contribution is 7.92. The highest BCUT2D eigenvalue weighted by atomic mass is 32.2. The van der Waals surface area contributed by atoms with Crippen LogP contribution in [-0.2, 0) is 19.6 Å². The molecule has 1 amide bonds. The lowest BCUT2D eigenvalue weighted by Gasteiger charge is -2.29. The molecular formula is C17H25N3O4S. The van der Waals surface area contributed by atoms with Crippen molar-refractivity contribution >= 4 is 27.7 Å². The lowest BCUT2D eigenvalue weighted by Crippen LogP contribution is -2.45. The van der Waals surface area contributed by atoms with Gasteiger partial charge in [0.1, 0.15) is 0 Å². The Morgan fingerprint density at radius 1 is 1.28 bits per heavy atom. The predicted molar refractivity (Wildman–Crippen MR) is 98.8 cm³/mol. The smallest absolute Gasteiger partial charge is 0.244 e. The quantitative estimate of drug-likeness (QED) is 0.700. The number of nitrogens with zero attached hydrogens (tertiary/aromatic N) is 1. The van der Waals surface area contributed by atoms with E-state index in [0.717, 1.165) is 44.7 Å². The number of sulfonamides is 1. The zero-order chi connectivity index (χ0) is 18.3. The SMILES string of the molecule is CC(CN1CCOCC1)NC(=O)/C=C/c1ccc(NS(C)(=O)=O)cc1. The molecule has 1 aromatic rings.